The number of pyridine rings is 6. The van der Waals surface area contributed by atoms with Crippen LogP contribution in [0.2, 0.25) is 0 Å². The molecule has 0 fully saturated rings. The molecule has 0 unspecified atom stereocenters. The fourth-order valence-corrected chi connectivity index (χ4v) is 8.76. The van der Waals surface area contributed by atoms with Crippen LogP contribution in [0.25, 0.3) is 98.8 Å². The van der Waals surface area contributed by atoms with Crippen LogP contribution in [-0.2, 0) is 40.2 Å². The molecule has 0 saturated heterocycles. The minimum absolute atomic E-state index is 0. The molecule has 0 amide bonds. The van der Waals surface area contributed by atoms with Gasteiger partial charge in [-0.2, -0.15) is 0 Å². The molecule has 83 heavy (non-hydrogen) atoms. The van der Waals surface area contributed by atoms with Crippen molar-refractivity contribution in [1.29, 1.82) is 0 Å². The first kappa shape index (κ1) is 59.8. The number of nitrogens with zero attached hydrogens (tertiary/aromatic N) is 6. The Morgan fingerprint density at radius 1 is 0.241 bits per heavy atom. The minimum Gasteiger partial charge on any atom is -0.305 e. The van der Waals surface area contributed by atoms with Gasteiger partial charge in [-0.15, -0.1) is 211 Å². The molecule has 9 aromatic carbocycles. The summed E-state index contributed by atoms with van der Waals surface area (Å²) < 4.78 is 0. The van der Waals surface area contributed by atoms with Gasteiger partial charge in [0.05, 0.1) is 0 Å². The smallest absolute Gasteiger partial charge is 0.305 e. The van der Waals surface area contributed by atoms with E-state index in [-0.39, 0.29) is 40.2 Å². The van der Waals surface area contributed by atoms with Gasteiger partial charge in [0.2, 0.25) is 0 Å². The maximum Gasteiger partial charge on any atom is 3.00 e. The molecule has 0 saturated carbocycles. The van der Waals surface area contributed by atoms with Crippen LogP contribution in [0.5, 0.6) is 0 Å². The van der Waals surface area contributed by atoms with Gasteiger partial charge in [-0.3, -0.25) is 0 Å². The van der Waals surface area contributed by atoms with Gasteiger partial charge in [-0.25, -0.2) is 0 Å². The Morgan fingerprint density at radius 2 is 0.518 bits per heavy atom. The first-order chi connectivity index (χ1) is 39.9. The maximum atomic E-state index is 4.38. The van der Waals surface area contributed by atoms with Crippen molar-refractivity contribution < 1.29 is 40.2 Å². The molecule has 15 aromatic rings. The van der Waals surface area contributed by atoms with Crippen molar-refractivity contribution in [1.82, 2.24) is 29.9 Å². The Labute approximate surface area is 512 Å². The third-order valence-corrected chi connectivity index (χ3v) is 12.9. The summed E-state index contributed by atoms with van der Waals surface area (Å²) >= 11 is 0. The number of hydrogen-bond acceptors (Lipinski definition) is 6. The molecule has 0 radical (unpaired) electrons. The Hall–Kier alpha value is -9.26. The van der Waals surface area contributed by atoms with E-state index < -0.39 is 0 Å². The van der Waals surface area contributed by atoms with Crippen LogP contribution in [0.4, 0.5) is 0 Å². The van der Waals surface area contributed by atoms with E-state index in [9.17, 15) is 0 Å². The van der Waals surface area contributed by atoms with E-state index in [1.807, 2.05) is 164 Å². The summed E-state index contributed by atoms with van der Waals surface area (Å²) in [5.74, 6) is 0. The zero-order valence-electron chi connectivity index (χ0n) is 45.8. The summed E-state index contributed by atoms with van der Waals surface area (Å²) in [6.45, 7) is 6.16. The molecular formula is C75H54Ir2N6. The molecule has 0 atom stereocenters. The molecule has 6 aromatic heterocycles. The van der Waals surface area contributed by atoms with Crippen LogP contribution in [0.3, 0.4) is 0 Å². The zero-order chi connectivity index (χ0) is 55.4. The van der Waals surface area contributed by atoms with Gasteiger partial charge >= 0.3 is 40.2 Å². The fraction of sp³-hybridized carbons (Fsp3) is 0.0400. The molecule has 6 heterocycles. The molecule has 6 nitrogen and oxygen atoms in total. The van der Waals surface area contributed by atoms with Crippen molar-refractivity contribution >= 4 is 65.0 Å². The third kappa shape index (κ3) is 16.2. The van der Waals surface area contributed by atoms with Crippen LogP contribution in [0.1, 0.15) is 16.7 Å². The normalized spacial score (nSPS) is 10.2. The first-order valence-electron chi connectivity index (χ1n) is 26.6. The Balaban J connectivity index is 0.000000130. The van der Waals surface area contributed by atoms with Crippen LogP contribution in [-0.4, -0.2) is 29.9 Å². The van der Waals surface area contributed by atoms with Gasteiger partial charge in [-0.1, -0.05) is 112 Å². The zero-order valence-corrected chi connectivity index (χ0v) is 50.6. The van der Waals surface area contributed by atoms with E-state index in [0.29, 0.717) is 0 Å². The average Bonchev–Trinajstić information content (AvgIpc) is 3.69. The summed E-state index contributed by atoms with van der Waals surface area (Å²) in [4.78, 5) is 25.9. The maximum absolute atomic E-state index is 4.38. The third-order valence-electron chi connectivity index (χ3n) is 12.9. The summed E-state index contributed by atoms with van der Waals surface area (Å²) in [5.41, 5.74) is 12.8. The fourth-order valence-electron chi connectivity index (χ4n) is 8.76. The van der Waals surface area contributed by atoms with E-state index in [0.717, 1.165) is 66.5 Å². The summed E-state index contributed by atoms with van der Waals surface area (Å²) in [6, 6.07) is 97.9. The van der Waals surface area contributed by atoms with Crippen molar-refractivity contribution in [3.63, 3.8) is 0 Å². The number of benzene rings is 9. The number of aromatic nitrogens is 6. The van der Waals surface area contributed by atoms with Gasteiger partial charge in [0.1, 0.15) is 0 Å². The van der Waals surface area contributed by atoms with E-state index in [1.165, 1.54) is 49.0 Å². The Kier molecular flexibility index (Phi) is 22.0. The van der Waals surface area contributed by atoms with Crippen molar-refractivity contribution in [2.24, 2.45) is 0 Å². The molecule has 15 rings (SSSR count). The van der Waals surface area contributed by atoms with Crippen LogP contribution in [0.15, 0.2) is 274 Å². The summed E-state index contributed by atoms with van der Waals surface area (Å²) in [6.07, 6.45) is 10.9. The molecule has 0 bridgehead atoms. The average molecular weight is 1420 g/mol. The largest absolute Gasteiger partial charge is 3.00 e. The van der Waals surface area contributed by atoms with E-state index >= 15 is 0 Å². The van der Waals surface area contributed by atoms with Gasteiger partial charge < -0.3 is 29.9 Å². The second-order valence-corrected chi connectivity index (χ2v) is 18.8. The SMILES string of the molecule is Cc1c[c-]c(-c2ccccn2)cc1.Cc1c[c-]c(-c2ccccn2)cc1.Cc1c[c-]c(-c2ccccn2)cc1.[Ir+3].[Ir+3].[c-]1cccc2ccc3cccnc3c12.[c-]1cccc2ccc3cccnc3c12.[c-]1cccc2ccc3cccnc3c12. The molecule has 0 spiro atoms. The molecule has 0 aliphatic carbocycles. The molecule has 8 heteroatoms. The molecule has 402 valence electrons. The van der Waals surface area contributed by atoms with Crippen molar-refractivity contribution in [3.05, 3.63) is 327 Å². The predicted molar refractivity (Wildman–Crippen MR) is 334 cm³/mol. The second-order valence-electron chi connectivity index (χ2n) is 18.8. The van der Waals surface area contributed by atoms with Crippen LogP contribution in [0, 0.1) is 57.2 Å². The van der Waals surface area contributed by atoms with Crippen molar-refractivity contribution in [3.8, 4) is 33.8 Å². The van der Waals surface area contributed by atoms with E-state index in [1.54, 1.807) is 18.6 Å². The molecule has 0 aliphatic heterocycles. The standard InChI is InChI=1S/3C13H8N.3C12H10N.2Ir/c3*1-2-6-12-10(4-1)7-8-11-5-3-9-14-13(11)12;3*1-10-5-7-11(8-6-10)12-4-2-3-9-13-12;;/h3*1-5,7-9H;3*2-7,9H,1H3;;/q6*-1;2*+3. The number of hydrogen-bond donors (Lipinski definition) is 0. The van der Waals surface area contributed by atoms with Gasteiger partial charge in [0, 0.05) is 37.2 Å². The number of aryl methyl sites for hydroxylation is 3. The quantitative estimate of drug-likeness (QED) is 0.130. The summed E-state index contributed by atoms with van der Waals surface area (Å²) in [5, 5.41) is 10.4. The van der Waals surface area contributed by atoms with Crippen LogP contribution >= 0.6 is 0 Å². The van der Waals surface area contributed by atoms with Gasteiger partial charge in [0.25, 0.3) is 0 Å². The molecule has 0 N–H and O–H groups in total. The van der Waals surface area contributed by atoms with Gasteiger partial charge in [-0.05, 0) is 86.2 Å². The Bertz CT molecular complexity index is 3800. The molecule has 0 aliphatic rings. The van der Waals surface area contributed by atoms with Crippen molar-refractivity contribution in [2.45, 2.75) is 20.8 Å². The monoisotopic (exact) mass is 1420 g/mol. The Morgan fingerprint density at radius 3 is 0.783 bits per heavy atom. The topological polar surface area (TPSA) is 77.3 Å². The number of fused-ring (bicyclic) bond motifs is 9. The second kappa shape index (κ2) is 30.5. The van der Waals surface area contributed by atoms with Crippen molar-refractivity contribution in [2.75, 3.05) is 0 Å². The van der Waals surface area contributed by atoms with Gasteiger partial charge in [0.15, 0.2) is 0 Å². The predicted octanol–water partition coefficient (Wildman–Crippen LogP) is 18.1. The van der Waals surface area contributed by atoms with Crippen LogP contribution < -0.4 is 0 Å². The van der Waals surface area contributed by atoms with E-state index in [4.69, 9.17) is 0 Å². The molecular weight excluding hydrogens is 1370 g/mol. The first-order valence-corrected chi connectivity index (χ1v) is 26.6. The summed E-state index contributed by atoms with van der Waals surface area (Å²) in [7, 11) is 0. The van der Waals surface area contributed by atoms with E-state index in [2.05, 4.69) is 178 Å². The number of rotatable bonds is 3. The minimum atomic E-state index is 0.